The Morgan fingerprint density at radius 2 is 1.80 bits per heavy atom. The highest BCUT2D eigenvalue weighted by molar-refractivity contribution is 7.81. The molecule has 0 radical (unpaired) electrons. The first kappa shape index (κ1) is 10.2. The summed E-state index contributed by atoms with van der Waals surface area (Å²) in [6.07, 6.45) is 0.477. The standard InChI is InChI=1S/C13H12OS/c14-12(9-15)8-11-6-3-5-10-4-1-2-7-13(10)11/h1-7,15H,8-9H2. The molecule has 0 heterocycles. The molecule has 0 spiro atoms. The van der Waals surface area contributed by atoms with Gasteiger partial charge in [-0.25, -0.2) is 0 Å². The van der Waals surface area contributed by atoms with Crippen molar-refractivity contribution in [1.29, 1.82) is 0 Å². The predicted octanol–water partition coefficient (Wildman–Crippen LogP) is 2.88. The van der Waals surface area contributed by atoms with Gasteiger partial charge in [0.05, 0.1) is 0 Å². The fourth-order valence-corrected chi connectivity index (χ4v) is 1.83. The summed E-state index contributed by atoms with van der Waals surface area (Å²) in [6.45, 7) is 0. The molecule has 0 saturated heterocycles. The van der Waals surface area contributed by atoms with Crippen molar-refractivity contribution in [2.75, 3.05) is 5.75 Å². The second-order valence-electron chi connectivity index (χ2n) is 3.51. The van der Waals surface area contributed by atoms with E-state index in [1.165, 1.54) is 5.39 Å². The molecule has 0 N–H and O–H groups in total. The van der Waals surface area contributed by atoms with Gasteiger partial charge in [0.25, 0.3) is 0 Å². The van der Waals surface area contributed by atoms with Gasteiger partial charge in [-0.15, -0.1) is 0 Å². The molecule has 0 saturated carbocycles. The number of hydrogen-bond donors (Lipinski definition) is 1. The van der Waals surface area contributed by atoms with Gasteiger partial charge in [0.1, 0.15) is 5.78 Å². The Balaban J connectivity index is 2.46. The van der Waals surface area contributed by atoms with Gasteiger partial charge >= 0.3 is 0 Å². The molecule has 0 amide bonds. The number of carbonyl (C=O) groups is 1. The van der Waals surface area contributed by atoms with E-state index in [9.17, 15) is 4.79 Å². The van der Waals surface area contributed by atoms with Crippen LogP contribution in [0.1, 0.15) is 5.56 Å². The molecule has 2 heteroatoms. The molecule has 2 aromatic rings. The molecule has 0 aliphatic rings. The highest BCUT2D eigenvalue weighted by atomic mass is 32.1. The zero-order chi connectivity index (χ0) is 10.7. The van der Waals surface area contributed by atoms with Crippen LogP contribution < -0.4 is 0 Å². The summed E-state index contributed by atoms with van der Waals surface area (Å²) < 4.78 is 0. The summed E-state index contributed by atoms with van der Waals surface area (Å²) in [7, 11) is 0. The summed E-state index contributed by atoms with van der Waals surface area (Å²) in [5.41, 5.74) is 1.09. The minimum Gasteiger partial charge on any atom is -0.298 e. The Morgan fingerprint density at radius 1 is 1.07 bits per heavy atom. The summed E-state index contributed by atoms with van der Waals surface area (Å²) >= 11 is 3.99. The number of rotatable bonds is 3. The Bertz CT molecular complexity index is 485. The Kier molecular flexibility index (Phi) is 3.07. The minimum atomic E-state index is 0.162. The van der Waals surface area contributed by atoms with E-state index in [1.807, 2.05) is 24.3 Å². The van der Waals surface area contributed by atoms with Crippen molar-refractivity contribution in [2.24, 2.45) is 0 Å². The van der Waals surface area contributed by atoms with E-state index in [1.54, 1.807) is 0 Å². The molecule has 0 unspecified atom stereocenters. The van der Waals surface area contributed by atoms with Crippen molar-refractivity contribution in [3.05, 3.63) is 48.0 Å². The molecule has 0 aliphatic carbocycles. The number of Topliss-reactive ketones (excluding diaryl/α,β-unsaturated/α-hetero) is 1. The molecular formula is C13H12OS. The van der Waals surface area contributed by atoms with Gasteiger partial charge in [0.15, 0.2) is 0 Å². The molecule has 0 aliphatic heterocycles. The molecular weight excluding hydrogens is 204 g/mol. The fraction of sp³-hybridized carbons (Fsp3) is 0.154. The monoisotopic (exact) mass is 216 g/mol. The van der Waals surface area contributed by atoms with Crippen LogP contribution in [0.2, 0.25) is 0 Å². The van der Waals surface area contributed by atoms with E-state index in [2.05, 4.69) is 30.8 Å². The summed E-state index contributed by atoms with van der Waals surface area (Å²) in [5.74, 6) is 0.470. The van der Waals surface area contributed by atoms with Crippen LogP contribution in [0, 0.1) is 0 Å². The number of carbonyl (C=O) groups excluding carboxylic acids is 1. The van der Waals surface area contributed by atoms with Gasteiger partial charge in [-0.1, -0.05) is 42.5 Å². The second kappa shape index (κ2) is 4.49. The van der Waals surface area contributed by atoms with Crippen LogP contribution in [-0.4, -0.2) is 11.5 Å². The van der Waals surface area contributed by atoms with Gasteiger partial charge in [0.2, 0.25) is 0 Å². The van der Waals surface area contributed by atoms with Gasteiger partial charge in [-0.05, 0) is 16.3 Å². The third-order valence-corrected chi connectivity index (χ3v) is 2.80. The summed E-state index contributed by atoms with van der Waals surface area (Å²) in [5, 5.41) is 2.34. The maximum atomic E-state index is 11.3. The zero-order valence-corrected chi connectivity index (χ0v) is 9.21. The lowest BCUT2D eigenvalue weighted by Gasteiger charge is -2.04. The number of fused-ring (bicyclic) bond motifs is 1. The van der Waals surface area contributed by atoms with E-state index in [0.717, 1.165) is 10.9 Å². The van der Waals surface area contributed by atoms with E-state index >= 15 is 0 Å². The van der Waals surface area contributed by atoms with Crippen molar-refractivity contribution < 1.29 is 4.79 Å². The molecule has 1 nitrogen and oxygen atoms in total. The van der Waals surface area contributed by atoms with Crippen LogP contribution in [0.25, 0.3) is 10.8 Å². The van der Waals surface area contributed by atoms with Crippen molar-refractivity contribution in [1.82, 2.24) is 0 Å². The van der Waals surface area contributed by atoms with E-state index < -0.39 is 0 Å². The van der Waals surface area contributed by atoms with E-state index in [0.29, 0.717) is 12.2 Å². The molecule has 0 atom stereocenters. The Labute approximate surface area is 94.5 Å². The van der Waals surface area contributed by atoms with E-state index in [-0.39, 0.29) is 5.78 Å². The first-order valence-corrected chi connectivity index (χ1v) is 5.53. The highest BCUT2D eigenvalue weighted by Crippen LogP contribution is 2.18. The molecule has 0 aromatic heterocycles. The quantitative estimate of drug-likeness (QED) is 0.781. The van der Waals surface area contributed by atoms with Crippen LogP contribution >= 0.6 is 12.6 Å². The van der Waals surface area contributed by atoms with Crippen LogP contribution in [0.15, 0.2) is 42.5 Å². The molecule has 15 heavy (non-hydrogen) atoms. The first-order chi connectivity index (χ1) is 7.31. The Morgan fingerprint density at radius 3 is 2.60 bits per heavy atom. The van der Waals surface area contributed by atoms with Crippen LogP contribution in [0.5, 0.6) is 0 Å². The average molecular weight is 216 g/mol. The van der Waals surface area contributed by atoms with Crippen molar-refractivity contribution in [2.45, 2.75) is 6.42 Å². The highest BCUT2D eigenvalue weighted by Gasteiger charge is 2.04. The minimum absolute atomic E-state index is 0.162. The number of thiol groups is 1. The zero-order valence-electron chi connectivity index (χ0n) is 8.31. The van der Waals surface area contributed by atoms with Gasteiger partial charge in [-0.2, -0.15) is 12.6 Å². The number of hydrogen-bond acceptors (Lipinski definition) is 2. The van der Waals surface area contributed by atoms with Gasteiger partial charge in [-0.3, -0.25) is 4.79 Å². The van der Waals surface area contributed by atoms with Gasteiger partial charge in [0, 0.05) is 12.2 Å². The van der Waals surface area contributed by atoms with Crippen molar-refractivity contribution in [3.8, 4) is 0 Å². The largest absolute Gasteiger partial charge is 0.298 e. The molecule has 0 bridgehead atoms. The molecule has 76 valence electrons. The molecule has 2 aromatic carbocycles. The lowest BCUT2D eigenvalue weighted by atomic mass is 10.0. The fourth-order valence-electron chi connectivity index (χ4n) is 1.71. The maximum Gasteiger partial charge on any atom is 0.146 e. The van der Waals surface area contributed by atoms with Crippen LogP contribution in [-0.2, 0) is 11.2 Å². The smallest absolute Gasteiger partial charge is 0.146 e. The Hall–Kier alpha value is -1.28. The van der Waals surface area contributed by atoms with Crippen LogP contribution in [0.3, 0.4) is 0 Å². The third kappa shape index (κ3) is 2.21. The van der Waals surface area contributed by atoms with Crippen molar-refractivity contribution >= 4 is 29.2 Å². The topological polar surface area (TPSA) is 17.1 Å². The normalized spacial score (nSPS) is 10.5. The summed E-state index contributed by atoms with van der Waals surface area (Å²) in [4.78, 5) is 11.3. The SMILES string of the molecule is O=C(CS)Cc1cccc2ccccc12. The third-order valence-electron chi connectivity index (χ3n) is 2.44. The average Bonchev–Trinajstić information content (AvgIpc) is 2.29. The first-order valence-electron chi connectivity index (χ1n) is 4.90. The molecule has 0 fully saturated rings. The lowest BCUT2D eigenvalue weighted by molar-refractivity contribution is -0.115. The lowest BCUT2D eigenvalue weighted by Crippen LogP contribution is -2.04. The number of benzene rings is 2. The van der Waals surface area contributed by atoms with Gasteiger partial charge < -0.3 is 0 Å². The maximum absolute atomic E-state index is 11.3. The van der Waals surface area contributed by atoms with E-state index in [4.69, 9.17) is 0 Å². The summed E-state index contributed by atoms with van der Waals surface area (Å²) in [6, 6.07) is 14.2. The molecule has 2 rings (SSSR count). The number of ketones is 1. The predicted molar refractivity (Wildman–Crippen MR) is 66.5 cm³/mol. The van der Waals surface area contributed by atoms with Crippen molar-refractivity contribution in [3.63, 3.8) is 0 Å². The second-order valence-corrected chi connectivity index (χ2v) is 3.83. The van der Waals surface area contributed by atoms with Crippen LogP contribution in [0.4, 0.5) is 0 Å².